The molecular weight excluding hydrogens is 465 g/mol. The number of amides is 4. The number of halogens is 1. The summed E-state index contributed by atoms with van der Waals surface area (Å²) in [6.45, 7) is 8.92. The van der Waals surface area contributed by atoms with E-state index in [9.17, 15) is 18.8 Å². The number of aliphatic hydroxyl groups is 1. The lowest BCUT2D eigenvalue weighted by Gasteiger charge is -2.36. The van der Waals surface area contributed by atoms with Crippen molar-refractivity contribution in [2.24, 2.45) is 5.41 Å². The number of benzene rings is 1. The van der Waals surface area contributed by atoms with E-state index in [-0.39, 0.29) is 48.4 Å². The van der Waals surface area contributed by atoms with Gasteiger partial charge in [-0.05, 0) is 49.9 Å². The Labute approximate surface area is 214 Å². The molecule has 2 fully saturated rings. The van der Waals surface area contributed by atoms with Gasteiger partial charge in [-0.2, -0.15) is 0 Å². The number of nitrogens with one attached hydrogen (secondary N) is 2. The quantitative estimate of drug-likeness (QED) is 0.564. The minimum absolute atomic E-state index is 0.000295. The van der Waals surface area contributed by atoms with Crippen molar-refractivity contribution in [3.05, 3.63) is 35.6 Å². The summed E-state index contributed by atoms with van der Waals surface area (Å²) < 4.78 is 12.1. The zero-order valence-corrected chi connectivity index (χ0v) is 22.5. The summed E-state index contributed by atoms with van der Waals surface area (Å²) in [5, 5.41) is 14.4. The number of carbonyl (C=O) groups is 3. The van der Waals surface area contributed by atoms with Crippen molar-refractivity contribution in [3.8, 4) is 0 Å². The van der Waals surface area contributed by atoms with Gasteiger partial charge in [0, 0.05) is 27.2 Å². The Morgan fingerprint density at radius 3 is 2.08 bits per heavy atom. The largest absolute Gasteiger partial charge is 0.392 e. The van der Waals surface area contributed by atoms with E-state index < -0.39 is 11.5 Å². The van der Waals surface area contributed by atoms with Gasteiger partial charge >= 0.3 is 6.03 Å². The maximum atomic E-state index is 13.4. The summed E-state index contributed by atoms with van der Waals surface area (Å²) in [4.78, 5) is 43.5. The van der Waals surface area contributed by atoms with E-state index in [0.717, 1.165) is 18.4 Å². The van der Waals surface area contributed by atoms with Crippen molar-refractivity contribution in [1.29, 1.82) is 0 Å². The fraction of sp³-hybridized carbons (Fsp3) is 0.654. The van der Waals surface area contributed by atoms with Crippen molar-refractivity contribution in [2.75, 3.05) is 34.2 Å². The molecule has 0 radical (unpaired) electrons. The smallest absolute Gasteiger partial charge is 0.319 e. The number of carbonyl (C=O) groups excluding carboxylic acids is 3. The van der Waals surface area contributed by atoms with Crippen molar-refractivity contribution < 1.29 is 23.9 Å². The van der Waals surface area contributed by atoms with Crippen LogP contribution in [0.5, 0.6) is 0 Å². The predicted molar refractivity (Wildman–Crippen MR) is 137 cm³/mol. The molecule has 3 rings (SSSR count). The number of likely N-dealkylation sites (tertiary alicyclic amines) is 2. The van der Waals surface area contributed by atoms with E-state index in [1.165, 1.54) is 12.1 Å². The lowest BCUT2D eigenvalue weighted by atomic mass is 9.85. The number of hydrogen-bond donors (Lipinski definition) is 3. The summed E-state index contributed by atoms with van der Waals surface area (Å²) >= 11 is 0. The van der Waals surface area contributed by atoms with Gasteiger partial charge in [-0.15, -0.1) is 0 Å². The van der Waals surface area contributed by atoms with Gasteiger partial charge in [0.15, 0.2) is 0 Å². The molecule has 0 spiro atoms. The molecule has 0 saturated carbocycles. The third kappa shape index (κ3) is 7.16. The van der Waals surface area contributed by atoms with E-state index in [4.69, 9.17) is 5.11 Å². The summed E-state index contributed by atoms with van der Waals surface area (Å²) in [5.41, 5.74) is 0.326. The van der Waals surface area contributed by atoms with Gasteiger partial charge in [-0.25, -0.2) is 9.18 Å². The standard InChI is InChI=1S/C19H35N5O3.C7H7FO/c1-12(20-5)16(25)21-15(19(2,3)4)17(26)23-10-8-14-13(23)9-11-24(14)18(27)22(6)7;8-7-3-1-6(5-9)2-4-7/h12-15,20H,8-11H2,1-7H3,(H,21,25);1-4,9H,5H2/t12-,13?,14?,15?;/m0./s1. The first-order valence-corrected chi connectivity index (χ1v) is 12.4. The van der Waals surface area contributed by atoms with Crippen LogP contribution in [0.25, 0.3) is 0 Å². The van der Waals surface area contributed by atoms with Gasteiger partial charge in [-0.3, -0.25) is 9.59 Å². The number of nitrogens with zero attached hydrogens (tertiary/aromatic N) is 3. The molecule has 9 nitrogen and oxygen atoms in total. The Kier molecular flexibility index (Phi) is 10.2. The highest BCUT2D eigenvalue weighted by Crippen LogP contribution is 2.34. The molecule has 1 aromatic carbocycles. The number of aliphatic hydroxyl groups excluding tert-OH is 1. The Hall–Kier alpha value is -2.72. The molecule has 0 aromatic heterocycles. The van der Waals surface area contributed by atoms with Crippen molar-refractivity contribution in [2.45, 2.75) is 71.3 Å². The molecule has 3 unspecified atom stereocenters. The van der Waals surface area contributed by atoms with Gasteiger partial charge in [-0.1, -0.05) is 32.9 Å². The fourth-order valence-corrected chi connectivity index (χ4v) is 4.56. The minimum atomic E-state index is -0.599. The molecule has 202 valence electrons. The van der Waals surface area contributed by atoms with Gasteiger partial charge in [0.2, 0.25) is 11.8 Å². The second kappa shape index (κ2) is 12.5. The summed E-state index contributed by atoms with van der Waals surface area (Å²) in [5.74, 6) is -0.504. The number of rotatable bonds is 5. The van der Waals surface area contributed by atoms with E-state index in [0.29, 0.717) is 13.1 Å². The Bertz CT molecular complexity index is 903. The molecule has 1 aromatic rings. The zero-order valence-electron chi connectivity index (χ0n) is 22.5. The van der Waals surface area contributed by atoms with Crippen molar-refractivity contribution >= 4 is 17.8 Å². The average molecular weight is 508 g/mol. The summed E-state index contributed by atoms with van der Waals surface area (Å²) in [6, 6.07) is 4.88. The van der Waals surface area contributed by atoms with Crippen molar-refractivity contribution in [3.63, 3.8) is 0 Å². The van der Waals surface area contributed by atoms with Gasteiger partial charge in [0.05, 0.1) is 24.7 Å². The van der Waals surface area contributed by atoms with Crippen LogP contribution in [0.4, 0.5) is 9.18 Å². The minimum Gasteiger partial charge on any atom is -0.392 e. The third-order valence-corrected chi connectivity index (χ3v) is 6.81. The molecule has 2 saturated heterocycles. The summed E-state index contributed by atoms with van der Waals surface area (Å²) in [6.07, 6.45) is 1.57. The molecule has 4 amide bonds. The van der Waals surface area contributed by atoms with Gasteiger partial charge in [0.25, 0.3) is 0 Å². The van der Waals surface area contributed by atoms with Crippen LogP contribution < -0.4 is 10.6 Å². The second-order valence-corrected chi connectivity index (χ2v) is 10.7. The van der Waals surface area contributed by atoms with E-state index in [1.807, 2.05) is 30.6 Å². The Morgan fingerprint density at radius 2 is 1.61 bits per heavy atom. The van der Waals surface area contributed by atoms with Crippen LogP contribution in [0.3, 0.4) is 0 Å². The van der Waals surface area contributed by atoms with Crippen LogP contribution in [0.15, 0.2) is 24.3 Å². The number of hydrogen-bond acceptors (Lipinski definition) is 5. The Balaban J connectivity index is 0.000000425. The molecule has 2 heterocycles. The molecule has 3 N–H and O–H groups in total. The van der Waals surface area contributed by atoms with Gasteiger partial charge < -0.3 is 30.4 Å². The molecule has 10 heteroatoms. The second-order valence-electron chi connectivity index (χ2n) is 10.7. The highest BCUT2D eigenvalue weighted by Gasteiger charge is 2.49. The first kappa shape index (κ1) is 29.5. The topological polar surface area (TPSA) is 105 Å². The number of likely N-dealkylation sites (N-methyl/N-ethyl adjacent to an activating group) is 1. The molecule has 36 heavy (non-hydrogen) atoms. The van der Waals surface area contributed by atoms with E-state index in [2.05, 4.69) is 10.6 Å². The predicted octanol–water partition coefficient (Wildman–Crippen LogP) is 1.80. The van der Waals surface area contributed by atoms with Crippen LogP contribution in [0, 0.1) is 11.2 Å². The Morgan fingerprint density at radius 1 is 1.08 bits per heavy atom. The fourth-order valence-electron chi connectivity index (χ4n) is 4.56. The molecule has 2 aliphatic heterocycles. The van der Waals surface area contributed by atoms with Gasteiger partial charge in [0.1, 0.15) is 11.9 Å². The van der Waals surface area contributed by atoms with Crippen LogP contribution >= 0.6 is 0 Å². The average Bonchev–Trinajstić information content (AvgIpc) is 3.43. The summed E-state index contributed by atoms with van der Waals surface area (Å²) in [7, 11) is 5.22. The highest BCUT2D eigenvalue weighted by molar-refractivity contribution is 5.90. The molecule has 0 aliphatic carbocycles. The number of fused-ring (bicyclic) bond motifs is 1. The third-order valence-electron chi connectivity index (χ3n) is 6.81. The first-order valence-electron chi connectivity index (χ1n) is 12.4. The highest BCUT2D eigenvalue weighted by atomic mass is 19.1. The zero-order chi connectivity index (χ0) is 27.2. The lowest BCUT2D eigenvalue weighted by molar-refractivity contribution is -0.140. The normalized spacial score (nSPS) is 20.7. The molecule has 2 aliphatic rings. The number of urea groups is 1. The molecular formula is C26H42FN5O4. The molecule has 0 bridgehead atoms. The van der Waals surface area contributed by atoms with Crippen LogP contribution in [0.2, 0.25) is 0 Å². The SMILES string of the molecule is CN[C@@H](C)C(=O)NC(C(=O)N1CCC2C1CCN2C(=O)N(C)C)C(C)(C)C.OCc1ccc(F)cc1. The van der Waals surface area contributed by atoms with Crippen molar-refractivity contribution in [1.82, 2.24) is 25.3 Å². The van der Waals surface area contributed by atoms with Crippen LogP contribution in [-0.2, 0) is 16.2 Å². The van der Waals surface area contributed by atoms with E-state index >= 15 is 0 Å². The van der Waals surface area contributed by atoms with Crippen LogP contribution in [-0.4, -0.2) is 96.1 Å². The monoisotopic (exact) mass is 507 g/mol. The maximum absolute atomic E-state index is 13.4. The van der Waals surface area contributed by atoms with E-state index in [1.54, 1.807) is 45.1 Å². The maximum Gasteiger partial charge on any atom is 0.319 e. The lowest BCUT2D eigenvalue weighted by Crippen LogP contribution is -2.58. The van der Waals surface area contributed by atoms with Crippen LogP contribution in [0.1, 0.15) is 46.1 Å². The molecule has 4 atom stereocenters. The first-order chi connectivity index (χ1) is 16.8.